The minimum Gasteiger partial charge on any atom is -0.491 e. The van der Waals surface area contributed by atoms with E-state index in [1.165, 1.54) is 0 Å². The Hall–Kier alpha value is -9.57. The molecule has 7 aromatic rings. The van der Waals surface area contributed by atoms with E-state index in [0.29, 0.717) is 68.6 Å². The number of carbonyl (C=O) groups excluding carboxylic acids is 3. The molecule has 18 N–H and O–H groups in total. The summed E-state index contributed by atoms with van der Waals surface area (Å²) in [4.78, 5) is 39.7. The predicted octanol–water partition coefficient (Wildman–Crippen LogP) is 4.24. The third kappa shape index (κ3) is 25.7. The SMILES string of the molecule is O=C(Nc1ccc(OCCOCC[C@@H]2O[C@H](CO)[C@@H](O)[C@H](O)[C@H]2O)cc1)Nc1cccc(OCc2cc(COc3cccc(NC(=O)Nc4ccc(OCCOCC[C@@H]5O[C@H](CO)[C@@H](O)[C@H](O)[C@H]5O)cc4)c3)cc(COc3cccc(NC(=O)Nc4ccc(OCCOCC[C@@H]5O[C@H](CO)[C@@H](O)[C@H](O)[C@H]5O)cc4)c3)c2)c1. The Morgan fingerprint density at radius 2 is 0.523 bits per heavy atom. The van der Waals surface area contributed by atoms with E-state index in [4.69, 9.17) is 56.8 Å². The summed E-state index contributed by atoms with van der Waals surface area (Å²) in [7, 11) is 0. The van der Waals surface area contributed by atoms with Crippen molar-refractivity contribution in [1.29, 1.82) is 0 Å². The van der Waals surface area contributed by atoms with Crippen LogP contribution in [-0.2, 0) is 48.2 Å². The molecule has 3 fully saturated rings. The van der Waals surface area contributed by atoms with Gasteiger partial charge >= 0.3 is 18.1 Å². The number of anilines is 6. The van der Waals surface area contributed by atoms with Crippen LogP contribution in [0.2, 0.25) is 0 Å². The van der Waals surface area contributed by atoms with Crippen molar-refractivity contribution >= 4 is 52.2 Å². The maximum absolute atomic E-state index is 13.2. The quantitative estimate of drug-likeness (QED) is 0.0240. The Bertz CT molecular complexity index is 3580. The summed E-state index contributed by atoms with van der Waals surface area (Å²) in [6.07, 6.45) is -17.5. The molecule has 3 aliphatic heterocycles. The van der Waals surface area contributed by atoms with E-state index in [-0.39, 0.29) is 98.5 Å². The first-order valence-corrected chi connectivity index (χ1v) is 36.2. The highest BCUT2D eigenvalue weighted by molar-refractivity contribution is 6.01. The Labute approximate surface area is 639 Å². The van der Waals surface area contributed by atoms with Crippen molar-refractivity contribution in [1.82, 2.24) is 0 Å². The van der Waals surface area contributed by atoms with Gasteiger partial charge in [0.15, 0.2) is 0 Å². The van der Waals surface area contributed by atoms with Crippen molar-refractivity contribution in [3.63, 3.8) is 0 Å². The highest BCUT2D eigenvalue weighted by atomic mass is 16.6. The Morgan fingerprint density at radius 3 is 0.784 bits per heavy atom. The van der Waals surface area contributed by atoms with Crippen LogP contribution in [0, 0.1) is 0 Å². The molecule has 33 nitrogen and oxygen atoms in total. The van der Waals surface area contributed by atoms with E-state index in [9.17, 15) is 75.7 Å². The number of aliphatic hydroxyl groups excluding tert-OH is 12. The number of amides is 6. The molecule has 15 atom stereocenters. The molecule has 0 aliphatic carbocycles. The van der Waals surface area contributed by atoms with Crippen LogP contribution in [-0.4, -0.2) is 250 Å². The molecule has 0 spiro atoms. The molecule has 0 saturated carbocycles. The zero-order chi connectivity index (χ0) is 78.6. The number of hydrogen-bond acceptors (Lipinski definition) is 27. The number of benzene rings is 7. The van der Waals surface area contributed by atoms with Gasteiger partial charge in [-0.3, -0.25) is 0 Å². The minimum absolute atomic E-state index is 0.0800. The first-order chi connectivity index (χ1) is 53.8. The van der Waals surface area contributed by atoms with Crippen LogP contribution < -0.4 is 60.3 Å². The second kappa shape index (κ2) is 42.7. The summed E-state index contributed by atoms with van der Waals surface area (Å²) in [5.41, 5.74) is 5.00. The van der Waals surface area contributed by atoms with Gasteiger partial charge in [0.05, 0.1) is 58.0 Å². The molecule has 3 aliphatic rings. The van der Waals surface area contributed by atoms with E-state index in [2.05, 4.69) is 31.9 Å². The van der Waals surface area contributed by atoms with Crippen LogP contribution in [0.3, 0.4) is 0 Å². The molecule has 6 amide bonds. The van der Waals surface area contributed by atoms with Crippen molar-refractivity contribution in [2.45, 2.75) is 131 Å². The van der Waals surface area contributed by atoms with Crippen LogP contribution in [0.1, 0.15) is 36.0 Å². The smallest absolute Gasteiger partial charge is 0.323 e. The molecule has 0 bridgehead atoms. The normalized spacial score (nSPS) is 23.6. The molecule has 0 unspecified atom stereocenters. The molecule has 10 rings (SSSR count). The predicted molar refractivity (Wildman–Crippen MR) is 400 cm³/mol. The summed E-state index contributed by atoms with van der Waals surface area (Å²) in [5.74, 6) is 2.88. The number of urea groups is 3. The molecule has 3 heterocycles. The van der Waals surface area contributed by atoms with Crippen LogP contribution >= 0.6 is 0 Å². The summed E-state index contributed by atoms with van der Waals surface area (Å²) < 4.78 is 69.6. The second-order valence-electron chi connectivity index (χ2n) is 26.3. The van der Waals surface area contributed by atoms with E-state index < -0.39 is 129 Å². The van der Waals surface area contributed by atoms with Crippen LogP contribution in [0.5, 0.6) is 34.5 Å². The largest absolute Gasteiger partial charge is 0.491 e. The molecule has 0 radical (unpaired) electrons. The zero-order valence-corrected chi connectivity index (χ0v) is 60.5. The summed E-state index contributed by atoms with van der Waals surface area (Å²) in [6, 6.07) is 44.9. The average Bonchev–Trinajstić information content (AvgIpc) is 0.828. The third-order valence-corrected chi connectivity index (χ3v) is 18.0. The van der Waals surface area contributed by atoms with Crippen LogP contribution in [0.4, 0.5) is 48.5 Å². The molecular formula is C78H96N6O27. The molecule has 7 aromatic carbocycles. The Morgan fingerprint density at radius 1 is 0.270 bits per heavy atom. The minimum atomic E-state index is -1.46. The number of nitrogens with one attached hydrogen (secondary N) is 6. The second-order valence-corrected chi connectivity index (χ2v) is 26.3. The molecule has 111 heavy (non-hydrogen) atoms. The van der Waals surface area contributed by atoms with Gasteiger partial charge in [0.25, 0.3) is 0 Å². The standard InChI is InChI=1S/C78H96N6O27/c85-40-64-70(91)73(94)67(88)61(109-64)22-25-100-28-31-103-55-16-10-49(11-17-55)79-76(97)82-52-4-1-7-58(37-52)106-43-46-34-47(44-107-59-8-2-5-53(38-59)83-77(98)80-50-12-18-56(19-13-50)104-32-29-101-26-23-62-68(89)74(95)71(92)65(41-86)110-62)36-48(35-46)45-108-60-9-3-6-54(39-60)84-78(99)81-51-14-20-57(21-15-51)105-33-30-102-27-24-63-69(90)75(96)72(93)66(42-87)111-63/h1-21,34-39,61-75,85-96H,22-33,40-45H2,(H2,79,82,97)(H2,80,83,98)(H2,81,84,99)/t61-,62-,63-,64+,65+,66+,67-,68-,69-,70+,71+,72+,73+,74+,75+/m0/s1. The molecule has 33 heteroatoms. The van der Waals surface area contributed by atoms with Gasteiger partial charge in [0.1, 0.15) is 147 Å². The van der Waals surface area contributed by atoms with Gasteiger partial charge < -0.3 is 150 Å². The fourth-order valence-corrected chi connectivity index (χ4v) is 12.2. The molecular weight excluding hydrogens is 1450 g/mol. The van der Waals surface area contributed by atoms with E-state index >= 15 is 0 Å². The number of hydrogen-bond donors (Lipinski definition) is 18. The van der Waals surface area contributed by atoms with Crippen molar-refractivity contribution in [3.8, 4) is 34.5 Å². The van der Waals surface area contributed by atoms with E-state index in [1.807, 2.05) is 18.2 Å². The monoisotopic (exact) mass is 1550 g/mol. The van der Waals surface area contributed by atoms with Crippen LogP contribution in [0.25, 0.3) is 0 Å². The molecule has 3 saturated heterocycles. The van der Waals surface area contributed by atoms with Crippen molar-refractivity contribution in [2.24, 2.45) is 0 Å². The topological polar surface area (TPSA) is 477 Å². The first kappa shape index (κ1) is 83.9. The van der Waals surface area contributed by atoms with Crippen molar-refractivity contribution < 1.29 is 133 Å². The van der Waals surface area contributed by atoms with Crippen molar-refractivity contribution in [3.05, 3.63) is 180 Å². The zero-order valence-electron chi connectivity index (χ0n) is 60.5. The Kier molecular flexibility index (Phi) is 32.3. The third-order valence-electron chi connectivity index (χ3n) is 18.0. The highest BCUT2D eigenvalue weighted by Crippen LogP contribution is 2.30. The average molecular weight is 1550 g/mol. The summed E-state index contributed by atoms with van der Waals surface area (Å²) in [5, 5.41) is 136. The molecule has 600 valence electrons. The first-order valence-electron chi connectivity index (χ1n) is 36.2. The van der Waals surface area contributed by atoms with Gasteiger partial charge in [-0.1, -0.05) is 18.2 Å². The molecule has 0 aromatic heterocycles. The van der Waals surface area contributed by atoms with Gasteiger partial charge in [-0.25, -0.2) is 14.4 Å². The summed E-state index contributed by atoms with van der Waals surface area (Å²) in [6.45, 7) is 0.315. The maximum atomic E-state index is 13.2. The lowest BCUT2D eigenvalue weighted by Crippen LogP contribution is -2.58. The summed E-state index contributed by atoms with van der Waals surface area (Å²) >= 11 is 0. The number of ether oxygens (including phenoxy) is 12. The fourth-order valence-electron chi connectivity index (χ4n) is 12.2. The lowest BCUT2D eigenvalue weighted by molar-refractivity contribution is -0.232. The van der Waals surface area contributed by atoms with Crippen LogP contribution in [0.15, 0.2) is 164 Å². The van der Waals surface area contributed by atoms with E-state index in [0.717, 1.165) is 16.7 Å². The van der Waals surface area contributed by atoms with Gasteiger partial charge in [-0.15, -0.1) is 0 Å². The van der Waals surface area contributed by atoms with Gasteiger partial charge in [0.2, 0.25) is 0 Å². The van der Waals surface area contributed by atoms with Gasteiger partial charge in [-0.05, 0) is 163 Å². The lowest BCUT2D eigenvalue weighted by atomic mass is 9.94. The van der Waals surface area contributed by atoms with Gasteiger partial charge in [-0.2, -0.15) is 0 Å². The number of aliphatic hydroxyl groups is 12. The maximum Gasteiger partial charge on any atom is 0.323 e. The fraction of sp³-hybridized carbons (Fsp3) is 0.423. The lowest BCUT2D eigenvalue weighted by Gasteiger charge is -2.40. The van der Waals surface area contributed by atoms with Gasteiger partial charge in [0, 0.05) is 72.1 Å². The van der Waals surface area contributed by atoms with E-state index in [1.54, 1.807) is 146 Å². The van der Waals surface area contributed by atoms with Crippen molar-refractivity contribution in [2.75, 3.05) is 111 Å². The highest BCUT2D eigenvalue weighted by Gasteiger charge is 2.45. The number of rotatable bonds is 39. The Balaban J connectivity index is 0.696. The number of carbonyl (C=O) groups is 3.